The van der Waals surface area contributed by atoms with Crippen molar-refractivity contribution >= 4 is 17.0 Å². The number of hydrogen-bond donors (Lipinski definition) is 1. The highest BCUT2D eigenvalue weighted by Crippen LogP contribution is 2.24. The average Bonchev–Trinajstić information content (AvgIpc) is 2.78. The summed E-state index contributed by atoms with van der Waals surface area (Å²) >= 11 is 0. The summed E-state index contributed by atoms with van der Waals surface area (Å²) in [7, 11) is 0. The Hall–Kier alpha value is -2.43. The molecule has 0 aliphatic rings. The SMILES string of the molecule is Cc1cc(C(C)Nc2ccc3nccnc3n2)c(C)o1. The molecule has 0 saturated carbocycles. The fourth-order valence-electron chi connectivity index (χ4n) is 2.31. The van der Waals surface area contributed by atoms with E-state index in [9.17, 15) is 0 Å². The summed E-state index contributed by atoms with van der Waals surface area (Å²) in [4.78, 5) is 12.9. The predicted octanol–water partition coefficient (Wildman–Crippen LogP) is 3.41. The summed E-state index contributed by atoms with van der Waals surface area (Å²) in [6.45, 7) is 6.01. The maximum absolute atomic E-state index is 5.56. The molecular formula is C15H16N4O. The van der Waals surface area contributed by atoms with Gasteiger partial charge in [0.1, 0.15) is 22.9 Å². The monoisotopic (exact) mass is 268 g/mol. The molecule has 0 fully saturated rings. The largest absolute Gasteiger partial charge is 0.466 e. The lowest BCUT2D eigenvalue weighted by molar-refractivity contribution is 0.500. The van der Waals surface area contributed by atoms with Gasteiger partial charge in [-0.15, -0.1) is 0 Å². The predicted molar refractivity (Wildman–Crippen MR) is 77.6 cm³/mol. The molecule has 3 aromatic rings. The van der Waals surface area contributed by atoms with Crippen molar-refractivity contribution in [1.82, 2.24) is 15.0 Å². The van der Waals surface area contributed by atoms with Crippen molar-refractivity contribution in [3.8, 4) is 0 Å². The average molecular weight is 268 g/mol. The second kappa shape index (κ2) is 4.92. The van der Waals surface area contributed by atoms with Crippen molar-refractivity contribution in [2.75, 3.05) is 5.32 Å². The number of aryl methyl sites for hydroxylation is 2. The maximum atomic E-state index is 5.56. The van der Waals surface area contributed by atoms with Crippen LogP contribution in [-0.2, 0) is 0 Å². The van der Waals surface area contributed by atoms with Gasteiger partial charge >= 0.3 is 0 Å². The Kier molecular flexibility index (Phi) is 3.10. The first kappa shape index (κ1) is 12.6. The Bertz CT molecular complexity index is 750. The third-order valence-corrected chi connectivity index (χ3v) is 3.24. The van der Waals surface area contributed by atoms with Gasteiger partial charge in [0.2, 0.25) is 0 Å². The molecule has 0 bridgehead atoms. The van der Waals surface area contributed by atoms with Gasteiger partial charge in [0, 0.05) is 18.0 Å². The molecule has 5 nitrogen and oxygen atoms in total. The number of furan rings is 1. The van der Waals surface area contributed by atoms with Gasteiger partial charge in [-0.1, -0.05) is 0 Å². The molecule has 5 heteroatoms. The van der Waals surface area contributed by atoms with Gasteiger partial charge < -0.3 is 9.73 Å². The smallest absolute Gasteiger partial charge is 0.180 e. The van der Waals surface area contributed by atoms with E-state index in [1.807, 2.05) is 32.0 Å². The number of hydrogen-bond acceptors (Lipinski definition) is 5. The number of pyridine rings is 1. The van der Waals surface area contributed by atoms with Crippen molar-refractivity contribution in [3.63, 3.8) is 0 Å². The summed E-state index contributed by atoms with van der Waals surface area (Å²) in [6, 6.07) is 6.00. The van der Waals surface area contributed by atoms with Gasteiger partial charge in [-0.3, -0.25) is 4.98 Å². The van der Waals surface area contributed by atoms with E-state index in [0.29, 0.717) is 5.65 Å². The standard InChI is InChI=1S/C15H16N4O/c1-9-8-12(11(3)20-9)10(2)18-14-5-4-13-15(19-14)17-7-6-16-13/h4-8,10H,1-3H3,(H,17,18,19). The Labute approximate surface area is 117 Å². The molecular weight excluding hydrogens is 252 g/mol. The molecule has 1 N–H and O–H groups in total. The number of rotatable bonds is 3. The third kappa shape index (κ3) is 2.34. The summed E-state index contributed by atoms with van der Waals surface area (Å²) < 4.78 is 5.56. The van der Waals surface area contributed by atoms with Gasteiger partial charge in [-0.2, -0.15) is 0 Å². The van der Waals surface area contributed by atoms with Gasteiger partial charge in [0.15, 0.2) is 5.65 Å². The Morgan fingerprint density at radius 3 is 2.70 bits per heavy atom. The van der Waals surface area contributed by atoms with Crippen LogP contribution in [0.1, 0.15) is 30.0 Å². The molecule has 0 saturated heterocycles. The lowest BCUT2D eigenvalue weighted by Crippen LogP contribution is -2.08. The van der Waals surface area contributed by atoms with Crippen LogP contribution in [0.2, 0.25) is 0 Å². The lowest BCUT2D eigenvalue weighted by Gasteiger charge is -2.13. The van der Waals surface area contributed by atoms with Crippen LogP contribution in [0.5, 0.6) is 0 Å². The molecule has 0 amide bonds. The topological polar surface area (TPSA) is 63.8 Å². The highest BCUT2D eigenvalue weighted by Gasteiger charge is 2.13. The fourth-order valence-corrected chi connectivity index (χ4v) is 2.31. The van der Waals surface area contributed by atoms with E-state index in [1.54, 1.807) is 12.4 Å². The molecule has 102 valence electrons. The highest BCUT2D eigenvalue weighted by molar-refractivity contribution is 5.71. The second-order valence-corrected chi connectivity index (χ2v) is 4.83. The fraction of sp³-hybridized carbons (Fsp3) is 0.267. The van der Waals surface area contributed by atoms with E-state index in [2.05, 4.69) is 27.2 Å². The van der Waals surface area contributed by atoms with E-state index in [-0.39, 0.29) is 6.04 Å². The quantitative estimate of drug-likeness (QED) is 0.788. The summed E-state index contributed by atoms with van der Waals surface area (Å²) in [5.74, 6) is 2.63. The van der Waals surface area contributed by atoms with E-state index in [1.165, 1.54) is 0 Å². The first-order chi connectivity index (χ1) is 9.63. The van der Waals surface area contributed by atoms with Crippen LogP contribution in [0.3, 0.4) is 0 Å². The van der Waals surface area contributed by atoms with E-state index >= 15 is 0 Å². The molecule has 0 aromatic carbocycles. The molecule has 1 atom stereocenters. The zero-order chi connectivity index (χ0) is 14.1. The van der Waals surface area contributed by atoms with Crippen molar-refractivity contribution in [1.29, 1.82) is 0 Å². The number of nitrogens with zero attached hydrogens (tertiary/aromatic N) is 3. The molecule has 1 unspecified atom stereocenters. The van der Waals surface area contributed by atoms with Gasteiger partial charge in [0.25, 0.3) is 0 Å². The number of fused-ring (bicyclic) bond motifs is 1. The minimum Gasteiger partial charge on any atom is -0.466 e. The summed E-state index contributed by atoms with van der Waals surface area (Å²) in [5.41, 5.74) is 2.58. The first-order valence-corrected chi connectivity index (χ1v) is 6.55. The minimum atomic E-state index is 0.120. The van der Waals surface area contributed by atoms with Crippen LogP contribution >= 0.6 is 0 Å². The molecule has 0 aliphatic carbocycles. The number of nitrogens with one attached hydrogen (secondary N) is 1. The molecule has 3 heterocycles. The van der Waals surface area contributed by atoms with Crippen LogP contribution in [0, 0.1) is 13.8 Å². The van der Waals surface area contributed by atoms with Gasteiger partial charge in [0.05, 0.1) is 6.04 Å². The summed E-state index contributed by atoms with van der Waals surface area (Å²) in [5, 5.41) is 3.37. The van der Waals surface area contributed by atoms with Crippen LogP contribution in [-0.4, -0.2) is 15.0 Å². The Morgan fingerprint density at radius 2 is 1.95 bits per heavy atom. The zero-order valence-corrected chi connectivity index (χ0v) is 11.7. The first-order valence-electron chi connectivity index (χ1n) is 6.55. The zero-order valence-electron chi connectivity index (χ0n) is 11.7. The van der Waals surface area contributed by atoms with Crippen LogP contribution in [0.25, 0.3) is 11.2 Å². The van der Waals surface area contributed by atoms with E-state index in [4.69, 9.17) is 4.42 Å². The second-order valence-electron chi connectivity index (χ2n) is 4.83. The van der Waals surface area contributed by atoms with Crippen LogP contribution in [0.15, 0.2) is 35.0 Å². The maximum Gasteiger partial charge on any atom is 0.180 e. The van der Waals surface area contributed by atoms with E-state index < -0.39 is 0 Å². The van der Waals surface area contributed by atoms with Crippen molar-refractivity contribution in [2.24, 2.45) is 0 Å². The van der Waals surface area contributed by atoms with Crippen molar-refractivity contribution in [2.45, 2.75) is 26.8 Å². The van der Waals surface area contributed by atoms with Gasteiger partial charge in [-0.05, 0) is 39.0 Å². The molecule has 0 aliphatic heterocycles. The summed E-state index contributed by atoms with van der Waals surface area (Å²) in [6.07, 6.45) is 3.31. The molecule has 0 spiro atoms. The van der Waals surface area contributed by atoms with Crippen LogP contribution < -0.4 is 5.32 Å². The number of anilines is 1. The highest BCUT2D eigenvalue weighted by atomic mass is 16.3. The molecule has 3 aromatic heterocycles. The molecule has 3 rings (SSSR count). The van der Waals surface area contributed by atoms with Crippen molar-refractivity contribution < 1.29 is 4.42 Å². The third-order valence-electron chi connectivity index (χ3n) is 3.24. The lowest BCUT2D eigenvalue weighted by atomic mass is 10.1. The molecule has 0 radical (unpaired) electrons. The number of aromatic nitrogens is 3. The molecule has 20 heavy (non-hydrogen) atoms. The minimum absolute atomic E-state index is 0.120. The Balaban J connectivity index is 1.87. The Morgan fingerprint density at radius 1 is 1.15 bits per heavy atom. The van der Waals surface area contributed by atoms with E-state index in [0.717, 1.165) is 28.4 Å². The normalized spacial score (nSPS) is 12.6. The van der Waals surface area contributed by atoms with Crippen LogP contribution in [0.4, 0.5) is 5.82 Å². The van der Waals surface area contributed by atoms with Crippen molar-refractivity contribution in [3.05, 3.63) is 47.7 Å². The van der Waals surface area contributed by atoms with Gasteiger partial charge in [-0.25, -0.2) is 9.97 Å².